The second kappa shape index (κ2) is 3.62. The van der Waals surface area contributed by atoms with Crippen molar-refractivity contribution in [2.45, 2.75) is 46.1 Å². The molecule has 1 aromatic heterocycles. The van der Waals surface area contributed by atoms with Crippen LogP contribution in [0.1, 0.15) is 50.6 Å². The number of fused-ring (bicyclic) bond motifs is 2. The summed E-state index contributed by atoms with van der Waals surface area (Å²) in [6, 6.07) is 3.75. The highest BCUT2D eigenvalue weighted by Crippen LogP contribution is 2.65. The van der Waals surface area contributed by atoms with E-state index in [1.54, 1.807) is 18.4 Å². The van der Waals surface area contributed by atoms with Gasteiger partial charge in [0.1, 0.15) is 0 Å². The van der Waals surface area contributed by atoms with Crippen LogP contribution in [0.15, 0.2) is 22.8 Å². The predicted molar refractivity (Wildman–Crippen MR) is 69.2 cm³/mol. The first-order chi connectivity index (χ1) is 8.45. The molecule has 2 saturated carbocycles. The summed E-state index contributed by atoms with van der Waals surface area (Å²) in [5.41, 5.74) is 0.550. The van der Waals surface area contributed by atoms with E-state index in [1.165, 1.54) is 12.8 Å². The number of carbonyl (C=O) groups excluding carboxylic acids is 1. The Morgan fingerprint density at radius 1 is 1.44 bits per heavy atom. The molecule has 18 heavy (non-hydrogen) atoms. The fourth-order valence-corrected chi connectivity index (χ4v) is 4.06. The van der Waals surface area contributed by atoms with Crippen LogP contribution in [-0.2, 0) is 0 Å². The summed E-state index contributed by atoms with van der Waals surface area (Å²) in [6.07, 6.45) is 5.17. The quantitative estimate of drug-likeness (QED) is 0.871. The lowest BCUT2D eigenvalue weighted by molar-refractivity contribution is 0.0801. The average Bonchev–Trinajstić information content (AvgIpc) is 2.95. The number of hydrogen-bond acceptors (Lipinski definition) is 2. The smallest absolute Gasteiger partial charge is 0.287 e. The molecule has 2 aliphatic rings. The van der Waals surface area contributed by atoms with Gasteiger partial charge in [0.15, 0.2) is 5.76 Å². The van der Waals surface area contributed by atoms with Crippen LogP contribution in [0.4, 0.5) is 0 Å². The molecule has 0 unspecified atom stereocenters. The molecule has 1 N–H and O–H groups in total. The van der Waals surface area contributed by atoms with E-state index >= 15 is 0 Å². The predicted octanol–water partition coefficient (Wildman–Crippen LogP) is 3.22. The van der Waals surface area contributed by atoms with Gasteiger partial charge in [0.2, 0.25) is 0 Å². The zero-order valence-corrected chi connectivity index (χ0v) is 11.3. The number of hydrogen-bond donors (Lipinski definition) is 1. The van der Waals surface area contributed by atoms with Gasteiger partial charge in [-0.05, 0) is 48.1 Å². The third kappa shape index (κ3) is 1.39. The summed E-state index contributed by atoms with van der Waals surface area (Å²) in [4.78, 5) is 12.1. The van der Waals surface area contributed by atoms with Crippen LogP contribution < -0.4 is 5.32 Å². The molecule has 0 aliphatic heterocycles. The lowest BCUT2D eigenvalue weighted by Gasteiger charge is -2.39. The Balaban J connectivity index is 1.78. The fraction of sp³-hybridized carbons (Fsp3) is 0.667. The Morgan fingerprint density at radius 3 is 2.72 bits per heavy atom. The second-order valence-corrected chi connectivity index (χ2v) is 6.61. The second-order valence-electron chi connectivity index (χ2n) is 6.61. The van der Waals surface area contributed by atoms with Crippen LogP contribution >= 0.6 is 0 Å². The van der Waals surface area contributed by atoms with Crippen LogP contribution in [0.3, 0.4) is 0 Å². The number of amides is 1. The number of nitrogens with one attached hydrogen (secondary N) is 1. The van der Waals surface area contributed by atoms with Crippen molar-refractivity contribution in [3.8, 4) is 0 Å². The Labute approximate surface area is 108 Å². The van der Waals surface area contributed by atoms with Gasteiger partial charge in [0, 0.05) is 6.04 Å². The molecule has 2 fully saturated rings. The molecule has 3 nitrogen and oxygen atoms in total. The molecule has 1 heterocycles. The zero-order valence-electron chi connectivity index (χ0n) is 11.3. The van der Waals surface area contributed by atoms with Gasteiger partial charge in [-0.1, -0.05) is 20.8 Å². The van der Waals surface area contributed by atoms with Crippen molar-refractivity contribution in [2.24, 2.45) is 16.7 Å². The molecular weight excluding hydrogens is 226 g/mol. The fourth-order valence-electron chi connectivity index (χ4n) is 4.06. The minimum Gasteiger partial charge on any atom is -0.459 e. The van der Waals surface area contributed by atoms with Crippen LogP contribution in [0, 0.1) is 16.7 Å². The van der Waals surface area contributed by atoms with E-state index < -0.39 is 0 Å². The molecule has 0 spiro atoms. The van der Waals surface area contributed by atoms with Crippen molar-refractivity contribution in [1.82, 2.24) is 5.32 Å². The number of carbonyl (C=O) groups is 1. The lowest BCUT2D eigenvalue weighted by atomic mass is 9.69. The molecule has 0 radical (unpaired) electrons. The minimum atomic E-state index is -0.0745. The van der Waals surface area contributed by atoms with Gasteiger partial charge in [-0.3, -0.25) is 4.79 Å². The first kappa shape index (κ1) is 11.8. The Hall–Kier alpha value is -1.25. The molecule has 98 valence electrons. The van der Waals surface area contributed by atoms with E-state index in [0.29, 0.717) is 11.2 Å². The minimum absolute atomic E-state index is 0.0745. The van der Waals surface area contributed by atoms with Crippen molar-refractivity contribution in [1.29, 1.82) is 0 Å². The van der Waals surface area contributed by atoms with E-state index in [9.17, 15) is 4.79 Å². The van der Waals surface area contributed by atoms with E-state index in [0.717, 1.165) is 12.3 Å². The SMILES string of the molecule is CC1(C)[C@H]2CC[C@]1(C)[C@@H](NC(=O)c1ccco1)C2. The van der Waals surface area contributed by atoms with Crippen LogP contribution in [0.5, 0.6) is 0 Å². The van der Waals surface area contributed by atoms with E-state index in [4.69, 9.17) is 4.42 Å². The van der Waals surface area contributed by atoms with Gasteiger partial charge in [0.25, 0.3) is 5.91 Å². The van der Waals surface area contributed by atoms with Crippen molar-refractivity contribution in [3.63, 3.8) is 0 Å². The Morgan fingerprint density at radius 2 is 2.22 bits per heavy atom. The van der Waals surface area contributed by atoms with Gasteiger partial charge in [-0.25, -0.2) is 0 Å². The first-order valence-electron chi connectivity index (χ1n) is 6.79. The topological polar surface area (TPSA) is 42.2 Å². The zero-order chi connectivity index (χ0) is 13.0. The third-order valence-electron chi connectivity index (χ3n) is 5.84. The molecule has 2 aliphatic carbocycles. The molecule has 2 bridgehead atoms. The molecule has 1 aromatic rings. The summed E-state index contributed by atoms with van der Waals surface area (Å²) in [5.74, 6) is 1.08. The highest BCUT2D eigenvalue weighted by atomic mass is 16.3. The third-order valence-corrected chi connectivity index (χ3v) is 5.84. The van der Waals surface area contributed by atoms with Gasteiger partial charge in [-0.15, -0.1) is 0 Å². The molecule has 0 saturated heterocycles. The number of rotatable bonds is 2. The summed E-state index contributed by atoms with van der Waals surface area (Å²) < 4.78 is 5.16. The van der Waals surface area contributed by atoms with Crippen LogP contribution in [0.2, 0.25) is 0 Å². The largest absolute Gasteiger partial charge is 0.459 e. The molecule has 3 heteroatoms. The molecule has 3 atom stereocenters. The van der Waals surface area contributed by atoms with Gasteiger partial charge in [0.05, 0.1) is 6.26 Å². The highest BCUT2D eigenvalue weighted by molar-refractivity contribution is 5.91. The maximum Gasteiger partial charge on any atom is 0.287 e. The Bertz CT molecular complexity index is 463. The highest BCUT2D eigenvalue weighted by Gasteiger charge is 2.61. The standard InChI is InChI=1S/C15H21NO2/c1-14(2)10-6-7-15(14,3)12(9-10)16-13(17)11-5-4-8-18-11/h4-5,8,10,12H,6-7,9H2,1-3H3,(H,16,17)/t10-,12-,15+/m0/s1. The van der Waals surface area contributed by atoms with E-state index in [1.807, 2.05) is 0 Å². The van der Waals surface area contributed by atoms with E-state index in [2.05, 4.69) is 26.1 Å². The van der Waals surface area contributed by atoms with Crippen molar-refractivity contribution in [3.05, 3.63) is 24.2 Å². The maximum atomic E-state index is 12.1. The Kier molecular flexibility index (Phi) is 2.38. The van der Waals surface area contributed by atoms with Gasteiger partial charge < -0.3 is 9.73 Å². The maximum absolute atomic E-state index is 12.1. The summed E-state index contributed by atoms with van der Waals surface area (Å²) in [7, 11) is 0. The van der Waals surface area contributed by atoms with E-state index in [-0.39, 0.29) is 17.4 Å². The monoisotopic (exact) mass is 247 g/mol. The first-order valence-corrected chi connectivity index (χ1v) is 6.79. The van der Waals surface area contributed by atoms with Crippen LogP contribution in [0.25, 0.3) is 0 Å². The van der Waals surface area contributed by atoms with Crippen LogP contribution in [-0.4, -0.2) is 11.9 Å². The summed E-state index contributed by atoms with van der Waals surface area (Å²) >= 11 is 0. The lowest BCUT2D eigenvalue weighted by Crippen LogP contribution is -2.46. The molecule has 1 amide bonds. The normalized spacial score (nSPS) is 36.8. The van der Waals surface area contributed by atoms with Gasteiger partial charge in [-0.2, -0.15) is 0 Å². The summed E-state index contributed by atoms with van der Waals surface area (Å²) in [5, 5.41) is 3.18. The van der Waals surface area contributed by atoms with Gasteiger partial charge >= 0.3 is 0 Å². The van der Waals surface area contributed by atoms with Crippen molar-refractivity contribution < 1.29 is 9.21 Å². The molecule has 0 aromatic carbocycles. The van der Waals surface area contributed by atoms with Crippen molar-refractivity contribution >= 4 is 5.91 Å². The molecular formula is C15H21NO2. The summed E-state index contributed by atoms with van der Waals surface area (Å²) in [6.45, 7) is 7.03. The average molecular weight is 247 g/mol. The number of furan rings is 1. The van der Waals surface area contributed by atoms with Crippen molar-refractivity contribution in [2.75, 3.05) is 0 Å². The molecule has 3 rings (SSSR count).